The predicted molar refractivity (Wildman–Crippen MR) is 64.8 cm³/mol. The van der Waals surface area contributed by atoms with Gasteiger partial charge in [-0.05, 0) is 19.3 Å². The van der Waals surface area contributed by atoms with Gasteiger partial charge in [-0.3, -0.25) is 0 Å². The Hall–Kier alpha value is -0.130. The van der Waals surface area contributed by atoms with E-state index >= 15 is 0 Å². The molecule has 1 aliphatic carbocycles. The van der Waals surface area contributed by atoms with Crippen LogP contribution in [0.25, 0.3) is 0 Å². The average molecular weight is 246 g/mol. The van der Waals surface area contributed by atoms with Crippen molar-refractivity contribution in [3.63, 3.8) is 0 Å². The highest BCUT2D eigenvalue weighted by Crippen LogP contribution is 2.30. The van der Waals surface area contributed by atoms with E-state index in [4.69, 9.17) is 0 Å². The van der Waals surface area contributed by atoms with Gasteiger partial charge >= 0.3 is 0 Å². The molecule has 1 atom stereocenters. The van der Waals surface area contributed by atoms with Gasteiger partial charge in [0.2, 0.25) is 10.0 Å². The van der Waals surface area contributed by atoms with E-state index in [2.05, 4.69) is 5.32 Å². The monoisotopic (exact) mass is 246 g/mol. The topological polar surface area (TPSA) is 49.4 Å². The molecule has 2 rings (SSSR count). The molecular weight excluding hydrogens is 224 g/mol. The maximum Gasteiger partial charge on any atom is 0.214 e. The predicted octanol–water partition coefficient (Wildman–Crippen LogP) is 0.800. The molecule has 1 aliphatic heterocycles. The molecule has 1 saturated carbocycles. The van der Waals surface area contributed by atoms with Crippen molar-refractivity contribution in [3.05, 3.63) is 0 Å². The molecule has 1 saturated heterocycles. The number of hydrogen-bond acceptors (Lipinski definition) is 3. The molecule has 0 aromatic carbocycles. The molecule has 0 bridgehead atoms. The molecule has 2 aliphatic rings. The molecule has 0 spiro atoms. The zero-order valence-electron chi connectivity index (χ0n) is 9.98. The number of piperazine rings is 1. The molecule has 0 aromatic heterocycles. The molecule has 1 heterocycles. The van der Waals surface area contributed by atoms with Crippen molar-refractivity contribution < 1.29 is 8.42 Å². The summed E-state index contributed by atoms with van der Waals surface area (Å²) in [6, 6.07) is 0.284. The zero-order chi connectivity index (χ0) is 11.6. The van der Waals surface area contributed by atoms with Crippen LogP contribution in [0.3, 0.4) is 0 Å². The minimum absolute atomic E-state index is 0.284. The molecule has 2 fully saturated rings. The molecule has 5 heteroatoms. The Morgan fingerprint density at radius 3 is 2.69 bits per heavy atom. The molecule has 16 heavy (non-hydrogen) atoms. The summed E-state index contributed by atoms with van der Waals surface area (Å²) in [5.74, 6) is 1.03. The molecule has 94 valence electrons. The second kappa shape index (κ2) is 5.02. The highest BCUT2D eigenvalue weighted by atomic mass is 32.2. The van der Waals surface area contributed by atoms with Crippen molar-refractivity contribution >= 4 is 10.0 Å². The standard InChI is InChI=1S/C11H22N2O2S/c1-10-9-13(7-6-12-10)16(14,15)8-5-11-3-2-4-11/h10-12H,2-9H2,1H3. The maximum absolute atomic E-state index is 12.1. The Balaban J connectivity index is 1.84. The van der Waals surface area contributed by atoms with Crippen LogP contribution < -0.4 is 5.32 Å². The summed E-state index contributed by atoms with van der Waals surface area (Å²) in [5.41, 5.74) is 0. The third-order valence-corrected chi connectivity index (χ3v) is 5.60. The molecule has 1 N–H and O–H groups in total. The number of nitrogens with zero attached hydrogens (tertiary/aromatic N) is 1. The minimum atomic E-state index is -2.99. The Morgan fingerprint density at radius 2 is 2.12 bits per heavy atom. The number of sulfonamides is 1. The van der Waals surface area contributed by atoms with Crippen molar-refractivity contribution in [3.8, 4) is 0 Å². The van der Waals surface area contributed by atoms with Crippen molar-refractivity contribution in [1.29, 1.82) is 0 Å². The van der Waals surface area contributed by atoms with E-state index in [9.17, 15) is 8.42 Å². The lowest BCUT2D eigenvalue weighted by molar-refractivity contribution is 0.293. The smallest absolute Gasteiger partial charge is 0.214 e. The van der Waals surface area contributed by atoms with Gasteiger partial charge in [0.1, 0.15) is 0 Å². The van der Waals surface area contributed by atoms with Crippen molar-refractivity contribution in [2.75, 3.05) is 25.4 Å². The number of hydrogen-bond donors (Lipinski definition) is 1. The summed E-state index contributed by atoms with van der Waals surface area (Å²) >= 11 is 0. The van der Waals surface area contributed by atoms with Crippen molar-refractivity contribution in [2.24, 2.45) is 5.92 Å². The fourth-order valence-corrected chi connectivity index (χ4v) is 4.09. The second-order valence-electron chi connectivity index (χ2n) is 5.11. The first kappa shape index (κ1) is 12.3. The van der Waals surface area contributed by atoms with E-state index in [0.29, 0.717) is 24.8 Å². The van der Waals surface area contributed by atoms with Gasteiger partial charge in [-0.25, -0.2) is 8.42 Å². The van der Waals surface area contributed by atoms with Crippen LogP contribution in [0.2, 0.25) is 0 Å². The van der Waals surface area contributed by atoms with Gasteiger partial charge in [-0.2, -0.15) is 4.31 Å². The third kappa shape index (κ3) is 2.96. The highest BCUT2D eigenvalue weighted by molar-refractivity contribution is 7.89. The average Bonchev–Trinajstić information content (AvgIpc) is 2.15. The third-order valence-electron chi connectivity index (χ3n) is 3.73. The van der Waals surface area contributed by atoms with Crippen LogP contribution in [0.15, 0.2) is 0 Å². The largest absolute Gasteiger partial charge is 0.312 e. The van der Waals surface area contributed by atoms with Gasteiger partial charge in [0.15, 0.2) is 0 Å². The Morgan fingerprint density at radius 1 is 1.38 bits per heavy atom. The molecule has 0 radical (unpaired) electrons. The van der Waals surface area contributed by atoms with Gasteiger partial charge < -0.3 is 5.32 Å². The number of rotatable bonds is 4. The van der Waals surface area contributed by atoms with Crippen LogP contribution in [0.1, 0.15) is 32.6 Å². The van der Waals surface area contributed by atoms with Crippen LogP contribution in [-0.4, -0.2) is 44.2 Å². The summed E-state index contributed by atoms with van der Waals surface area (Å²) < 4.78 is 25.8. The van der Waals surface area contributed by atoms with Gasteiger partial charge in [-0.1, -0.05) is 19.3 Å². The first-order valence-electron chi connectivity index (χ1n) is 6.29. The fraction of sp³-hybridized carbons (Fsp3) is 1.00. The summed E-state index contributed by atoms with van der Waals surface area (Å²) in [5, 5.41) is 3.27. The molecule has 1 unspecified atom stereocenters. The maximum atomic E-state index is 12.1. The lowest BCUT2D eigenvalue weighted by Crippen LogP contribution is -2.51. The van der Waals surface area contributed by atoms with Crippen molar-refractivity contribution in [1.82, 2.24) is 9.62 Å². The normalized spacial score (nSPS) is 28.9. The summed E-state index contributed by atoms with van der Waals surface area (Å²) in [6.45, 7) is 4.09. The quantitative estimate of drug-likeness (QED) is 0.798. The summed E-state index contributed by atoms with van der Waals surface area (Å²) in [6.07, 6.45) is 4.61. The molecule has 0 aromatic rings. The van der Waals surface area contributed by atoms with E-state index < -0.39 is 10.0 Å². The van der Waals surface area contributed by atoms with Crippen LogP contribution in [0.4, 0.5) is 0 Å². The minimum Gasteiger partial charge on any atom is -0.312 e. The lowest BCUT2D eigenvalue weighted by Gasteiger charge is -2.32. The summed E-state index contributed by atoms with van der Waals surface area (Å²) in [7, 11) is -2.99. The first-order valence-corrected chi connectivity index (χ1v) is 7.90. The molecule has 0 amide bonds. The van der Waals surface area contributed by atoms with Gasteiger partial charge in [0, 0.05) is 25.7 Å². The van der Waals surface area contributed by atoms with E-state index in [-0.39, 0.29) is 6.04 Å². The first-order chi connectivity index (χ1) is 7.58. The van der Waals surface area contributed by atoms with Crippen LogP contribution >= 0.6 is 0 Å². The summed E-state index contributed by atoms with van der Waals surface area (Å²) in [4.78, 5) is 0. The second-order valence-corrected chi connectivity index (χ2v) is 7.20. The van der Waals surface area contributed by atoms with E-state index in [0.717, 1.165) is 13.0 Å². The van der Waals surface area contributed by atoms with Crippen LogP contribution in [-0.2, 0) is 10.0 Å². The highest BCUT2D eigenvalue weighted by Gasteiger charge is 2.28. The molecular formula is C11H22N2O2S. The van der Waals surface area contributed by atoms with Gasteiger partial charge in [0.05, 0.1) is 5.75 Å². The lowest BCUT2D eigenvalue weighted by atomic mass is 9.84. The fourth-order valence-electron chi connectivity index (χ4n) is 2.38. The molecule has 4 nitrogen and oxygen atoms in total. The Kier molecular flexibility index (Phi) is 3.87. The van der Waals surface area contributed by atoms with Crippen LogP contribution in [0, 0.1) is 5.92 Å². The van der Waals surface area contributed by atoms with E-state index in [1.807, 2.05) is 6.92 Å². The number of nitrogens with one attached hydrogen (secondary N) is 1. The van der Waals surface area contributed by atoms with Gasteiger partial charge in [0.25, 0.3) is 0 Å². The Labute approximate surface area is 98.4 Å². The zero-order valence-corrected chi connectivity index (χ0v) is 10.8. The van der Waals surface area contributed by atoms with Crippen LogP contribution in [0.5, 0.6) is 0 Å². The van der Waals surface area contributed by atoms with Crippen molar-refractivity contribution in [2.45, 2.75) is 38.6 Å². The van der Waals surface area contributed by atoms with E-state index in [1.54, 1.807) is 4.31 Å². The SMILES string of the molecule is CC1CN(S(=O)(=O)CCC2CCC2)CCN1. The van der Waals surface area contributed by atoms with E-state index in [1.165, 1.54) is 19.3 Å². The Bertz CT molecular complexity index is 325. The van der Waals surface area contributed by atoms with Gasteiger partial charge in [-0.15, -0.1) is 0 Å².